The Morgan fingerprint density at radius 2 is 1.88 bits per heavy atom. The Morgan fingerprint density at radius 1 is 1.16 bits per heavy atom. The summed E-state index contributed by atoms with van der Waals surface area (Å²) in [6.07, 6.45) is 4.29. The molecule has 7 nitrogen and oxygen atoms in total. The molecule has 2 N–H and O–H groups in total. The number of hydrogen-bond acceptors (Lipinski definition) is 6. The molecule has 0 unspecified atom stereocenters. The molecule has 0 bridgehead atoms. The minimum absolute atomic E-state index is 0.0145. The van der Waals surface area contributed by atoms with Crippen molar-refractivity contribution in [3.63, 3.8) is 0 Å². The molecule has 2 fully saturated rings. The summed E-state index contributed by atoms with van der Waals surface area (Å²) in [4.78, 5) is 16.4. The fourth-order valence-electron chi connectivity index (χ4n) is 3.84. The van der Waals surface area contributed by atoms with Crippen LogP contribution in [0.4, 0.5) is 0 Å². The Morgan fingerprint density at radius 3 is 2.60 bits per heavy atom. The van der Waals surface area contributed by atoms with Crippen LogP contribution in [0.2, 0.25) is 0 Å². The third kappa shape index (κ3) is 3.15. The molecule has 0 amide bonds. The quantitative estimate of drug-likeness (QED) is 0.876. The van der Waals surface area contributed by atoms with Crippen LogP contribution in [0.3, 0.4) is 0 Å². The molecule has 7 heteroatoms. The first kappa shape index (κ1) is 16.5. The molecule has 1 aliphatic heterocycles. The van der Waals surface area contributed by atoms with Crippen LogP contribution >= 0.6 is 0 Å². The van der Waals surface area contributed by atoms with Crippen molar-refractivity contribution in [3.8, 4) is 5.75 Å². The van der Waals surface area contributed by atoms with Crippen molar-refractivity contribution in [2.24, 2.45) is 0 Å². The smallest absolute Gasteiger partial charge is 0.251 e. The first-order valence-electron chi connectivity index (χ1n) is 8.68. The van der Waals surface area contributed by atoms with Crippen molar-refractivity contribution >= 4 is 11.0 Å². The van der Waals surface area contributed by atoms with E-state index in [1.54, 1.807) is 10.6 Å². The minimum Gasteiger partial charge on any atom is -0.506 e. The van der Waals surface area contributed by atoms with Gasteiger partial charge in [-0.25, -0.2) is 0 Å². The fourth-order valence-corrected chi connectivity index (χ4v) is 3.84. The van der Waals surface area contributed by atoms with Crippen LogP contribution in [0, 0.1) is 0 Å². The van der Waals surface area contributed by atoms with Crippen LogP contribution in [0.15, 0.2) is 29.2 Å². The molecule has 3 heterocycles. The van der Waals surface area contributed by atoms with Crippen LogP contribution in [-0.4, -0.2) is 44.4 Å². The summed E-state index contributed by atoms with van der Waals surface area (Å²) in [6.45, 7) is 1.59. The molecule has 134 valence electrons. The lowest BCUT2D eigenvalue weighted by molar-refractivity contribution is -0.203. The highest BCUT2D eigenvalue weighted by atomic mass is 16.7. The summed E-state index contributed by atoms with van der Waals surface area (Å²) in [5.74, 6) is -0.501. The van der Waals surface area contributed by atoms with E-state index in [0.29, 0.717) is 62.9 Å². The number of aliphatic hydroxyl groups is 1. The summed E-state index contributed by atoms with van der Waals surface area (Å²) < 4.78 is 13.0. The second kappa shape index (κ2) is 6.09. The van der Waals surface area contributed by atoms with Crippen molar-refractivity contribution in [2.45, 2.75) is 50.0 Å². The van der Waals surface area contributed by atoms with E-state index in [9.17, 15) is 15.0 Å². The first-order valence-corrected chi connectivity index (χ1v) is 8.68. The predicted molar refractivity (Wildman–Crippen MR) is 90.3 cm³/mol. The molecule has 25 heavy (non-hydrogen) atoms. The van der Waals surface area contributed by atoms with E-state index >= 15 is 0 Å². The van der Waals surface area contributed by atoms with Gasteiger partial charge in [0, 0.05) is 31.5 Å². The first-order chi connectivity index (χ1) is 12.0. The monoisotopic (exact) mass is 346 g/mol. The molecule has 0 aromatic carbocycles. The molecule has 2 aromatic rings. The van der Waals surface area contributed by atoms with E-state index < -0.39 is 11.4 Å². The van der Waals surface area contributed by atoms with Gasteiger partial charge in [-0.15, -0.1) is 0 Å². The van der Waals surface area contributed by atoms with Gasteiger partial charge in [0.05, 0.1) is 36.0 Å². The number of aromatic hydroxyl groups is 1. The largest absolute Gasteiger partial charge is 0.506 e. The Kier molecular flexibility index (Phi) is 4.02. The van der Waals surface area contributed by atoms with E-state index in [0.717, 1.165) is 0 Å². The van der Waals surface area contributed by atoms with Crippen LogP contribution < -0.4 is 5.56 Å². The van der Waals surface area contributed by atoms with Gasteiger partial charge in [0.2, 0.25) is 0 Å². The predicted octanol–water partition coefficient (Wildman–Crippen LogP) is 1.54. The van der Waals surface area contributed by atoms with Crippen molar-refractivity contribution < 1.29 is 19.7 Å². The third-order valence-electron chi connectivity index (χ3n) is 5.38. The zero-order chi connectivity index (χ0) is 17.5. The Balaban J connectivity index is 1.51. The number of fused-ring (bicyclic) bond motifs is 1. The molecular weight excluding hydrogens is 324 g/mol. The Bertz CT molecular complexity index is 831. The van der Waals surface area contributed by atoms with Gasteiger partial charge in [-0.1, -0.05) is 0 Å². The number of ether oxygens (including phenoxy) is 2. The molecule has 0 atom stereocenters. The molecule has 2 aromatic heterocycles. The zero-order valence-electron chi connectivity index (χ0n) is 14.0. The molecular formula is C18H22N2O5. The third-order valence-corrected chi connectivity index (χ3v) is 5.38. The molecule has 0 radical (unpaired) electrons. The van der Waals surface area contributed by atoms with E-state index in [1.807, 2.05) is 0 Å². The van der Waals surface area contributed by atoms with Crippen molar-refractivity contribution in [1.29, 1.82) is 0 Å². The van der Waals surface area contributed by atoms with Gasteiger partial charge < -0.3 is 24.3 Å². The highest BCUT2D eigenvalue weighted by Crippen LogP contribution is 2.41. The number of pyridine rings is 2. The summed E-state index contributed by atoms with van der Waals surface area (Å²) in [5, 5.41) is 20.6. The van der Waals surface area contributed by atoms with Gasteiger partial charge in [0.25, 0.3) is 5.56 Å². The van der Waals surface area contributed by atoms with E-state index in [-0.39, 0.29) is 11.3 Å². The van der Waals surface area contributed by atoms with Gasteiger partial charge in [0.15, 0.2) is 5.79 Å². The second-order valence-electron chi connectivity index (χ2n) is 7.00. The topological polar surface area (TPSA) is 93.8 Å². The number of aromatic nitrogens is 2. The summed E-state index contributed by atoms with van der Waals surface area (Å²) in [6, 6.07) is 4.64. The molecule has 2 aliphatic rings. The van der Waals surface area contributed by atoms with Crippen molar-refractivity contribution in [1.82, 2.24) is 9.55 Å². The van der Waals surface area contributed by atoms with E-state index in [1.165, 1.54) is 18.3 Å². The van der Waals surface area contributed by atoms with Gasteiger partial charge in [-0.3, -0.25) is 9.78 Å². The average molecular weight is 346 g/mol. The average Bonchev–Trinajstić information content (AvgIpc) is 3.06. The molecule has 1 saturated carbocycles. The van der Waals surface area contributed by atoms with Crippen LogP contribution in [0.5, 0.6) is 5.75 Å². The highest BCUT2D eigenvalue weighted by molar-refractivity contribution is 5.75. The van der Waals surface area contributed by atoms with Gasteiger partial charge in [-0.2, -0.15) is 0 Å². The second-order valence-corrected chi connectivity index (χ2v) is 7.00. The normalized spacial score (nSPS) is 21.8. The van der Waals surface area contributed by atoms with Gasteiger partial charge in [0.1, 0.15) is 5.75 Å². The lowest BCUT2D eigenvalue weighted by Gasteiger charge is -2.40. The van der Waals surface area contributed by atoms with Crippen LogP contribution in [0.25, 0.3) is 11.0 Å². The number of aryl methyl sites for hydroxylation is 1. The summed E-state index contributed by atoms with van der Waals surface area (Å²) >= 11 is 0. The van der Waals surface area contributed by atoms with Crippen LogP contribution in [0.1, 0.15) is 32.1 Å². The van der Waals surface area contributed by atoms with Crippen molar-refractivity contribution in [2.75, 3.05) is 13.2 Å². The highest BCUT2D eigenvalue weighted by Gasteiger charge is 2.45. The van der Waals surface area contributed by atoms with Gasteiger partial charge in [-0.05, 0) is 25.3 Å². The Labute approximate surface area is 144 Å². The standard InChI is InChI=1S/C18H22N2O5/c21-13-11-15-14(19-12-13)1-2-16(22)20(15)8-7-17(23)3-5-18(6-4-17)24-9-10-25-18/h1-2,11-12,21,23H,3-10H2. The fraction of sp³-hybridized carbons (Fsp3) is 0.556. The maximum atomic E-state index is 12.3. The van der Waals surface area contributed by atoms with Crippen molar-refractivity contribution in [3.05, 3.63) is 34.7 Å². The van der Waals surface area contributed by atoms with Crippen LogP contribution in [-0.2, 0) is 16.0 Å². The maximum absolute atomic E-state index is 12.3. The SMILES string of the molecule is O=c1ccc2ncc(O)cc2n1CCC1(O)CCC2(CC1)OCCO2. The summed E-state index contributed by atoms with van der Waals surface area (Å²) in [7, 11) is 0. The number of hydrogen-bond donors (Lipinski definition) is 2. The molecule has 1 spiro atoms. The van der Waals surface area contributed by atoms with E-state index in [2.05, 4.69) is 4.98 Å². The number of rotatable bonds is 3. The molecule has 4 rings (SSSR count). The zero-order valence-corrected chi connectivity index (χ0v) is 14.0. The lowest BCUT2D eigenvalue weighted by atomic mass is 9.79. The maximum Gasteiger partial charge on any atom is 0.251 e. The van der Waals surface area contributed by atoms with E-state index in [4.69, 9.17) is 9.47 Å². The summed E-state index contributed by atoms with van der Waals surface area (Å²) in [5.41, 5.74) is 0.204. The number of nitrogens with zero attached hydrogens (tertiary/aromatic N) is 2. The molecule has 1 aliphatic carbocycles. The Hall–Kier alpha value is -1.96. The van der Waals surface area contributed by atoms with Gasteiger partial charge >= 0.3 is 0 Å². The minimum atomic E-state index is -0.841. The lowest BCUT2D eigenvalue weighted by Crippen LogP contribution is -2.44. The molecule has 1 saturated heterocycles.